The van der Waals surface area contributed by atoms with E-state index in [1.165, 1.54) is 12.1 Å². The summed E-state index contributed by atoms with van der Waals surface area (Å²) in [6.07, 6.45) is 0. The minimum Gasteiger partial charge on any atom is -0.397 e. The summed E-state index contributed by atoms with van der Waals surface area (Å²) in [4.78, 5) is 11.8. The van der Waals surface area contributed by atoms with Gasteiger partial charge in [0.1, 0.15) is 5.82 Å². The summed E-state index contributed by atoms with van der Waals surface area (Å²) < 4.78 is 13.1. The Balaban J connectivity index is 2.12. The number of nitrogens with one attached hydrogen (secondary N) is 2. The summed E-state index contributed by atoms with van der Waals surface area (Å²) in [5.74, 6) is -0.426. The highest BCUT2D eigenvalue weighted by Gasteiger charge is 2.07. The molecule has 0 heterocycles. The van der Waals surface area contributed by atoms with E-state index < -0.39 is 0 Å². The molecule has 21 heavy (non-hydrogen) atoms. The van der Waals surface area contributed by atoms with Gasteiger partial charge in [0, 0.05) is 18.7 Å². The van der Waals surface area contributed by atoms with Crippen LogP contribution in [0.5, 0.6) is 0 Å². The molecule has 0 bridgehead atoms. The Hall–Kier alpha value is -2.56. The number of benzene rings is 2. The van der Waals surface area contributed by atoms with Crippen LogP contribution >= 0.6 is 0 Å². The number of anilines is 2. The molecule has 0 fully saturated rings. The van der Waals surface area contributed by atoms with E-state index >= 15 is 0 Å². The van der Waals surface area contributed by atoms with Crippen molar-refractivity contribution in [3.63, 3.8) is 0 Å². The van der Waals surface area contributed by atoms with E-state index in [0.717, 1.165) is 5.56 Å². The van der Waals surface area contributed by atoms with E-state index in [1.807, 2.05) is 13.0 Å². The summed E-state index contributed by atoms with van der Waals surface area (Å²) in [6.45, 7) is 2.86. The number of nitrogens with two attached hydrogens (primary N) is 1. The van der Waals surface area contributed by atoms with Gasteiger partial charge in [0.25, 0.3) is 5.91 Å². The molecule has 2 aromatic carbocycles. The minimum atomic E-state index is -0.279. The van der Waals surface area contributed by atoms with Gasteiger partial charge < -0.3 is 16.4 Å². The van der Waals surface area contributed by atoms with Crippen molar-refractivity contribution in [2.24, 2.45) is 0 Å². The maximum Gasteiger partial charge on any atom is 0.251 e. The third-order valence-electron chi connectivity index (χ3n) is 3.02. The monoisotopic (exact) mass is 287 g/mol. The second-order valence-corrected chi connectivity index (χ2v) is 4.64. The van der Waals surface area contributed by atoms with Crippen molar-refractivity contribution in [1.29, 1.82) is 0 Å². The molecule has 0 aromatic heterocycles. The van der Waals surface area contributed by atoms with Gasteiger partial charge in [0.15, 0.2) is 0 Å². The lowest BCUT2D eigenvalue weighted by atomic mass is 10.1. The lowest BCUT2D eigenvalue weighted by molar-refractivity contribution is 0.0956. The van der Waals surface area contributed by atoms with Crippen molar-refractivity contribution in [3.05, 3.63) is 59.4 Å². The molecule has 4 N–H and O–H groups in total. The molecular weight excluding hydrogens is 269 g/mol. The Bertz CT molecular complexity index is 643. The number of hydrogen-bond donors (Lipinski definition) is 3. The van der Waals surface area contributed by atoms with E-state index in [0.29, 0.717) is 30.0 Å². The Labute approximate surface area is 123 Å². The van der Waals surface area contributed by atoms with Crippen molar-refractivity contribution in [1.82, 2.24) is 5.32 Å². The third kappa shape index (κ3) is 3.95. The van der Waals surface area contributed by atoms with Gasteiger partial charge in [0.2, 0.25) is 0 Å². The van der Waals surface area contributed by atoms with Crippen molar-refractivity contribution in [2.75, 3.05) is 17.6 Å². The number of hydrogen-bond acceptors (Lipinski definition) is 3. The van der Waals surface area contributed by atoms with Crippen LogP contribution in [0, 0.1) is 5.82 Å². The maximum absolute atomic E-state index is 13.1. The van der Waals surface area contributed by atoms with Crippen LogP contribution in [0.15, 0.2) is 42.5 Å². The Morgan fingerprint density at radius 2 is 2.05 bits per heavy atom. The summed E-state index contributed by atoms with van der Waals surface area (Å²) in [5, 5.41) is 5.85. The number of carbonyl (C=O) groups is 1. The normalized spacial score (nSPS) is 10.2. The predicted molar refractivity (Wildman–Crippen MR) is 82.6 cm³/mol. The zero-order valence-electron chi connectivity index (χ0n) is 11.8. The average molecular weight is 287 g/mol. The van der Waals surface area contributed by atoms with Crippen LogP contribution in [0.25, 0.3) is 0 Å². The zero-order valence-corrected chi connectivity index (χ0v) is 11.8. The average Bonchev–Trinajstić information content (AvgIpc) is 2.46. The smallest absolute Gasteiger partial charge is 0.251 e. The molecule has 0 aliphatic rings. The Kier molecular flexibility index (Phi) is 4.77. The minimum absolute atomic E-state index is 0.147. The first-order valence-corrected chi connectivity index (χ1v) is 6.76. The molecule has 0 aliphatic carbocycles. The SMILES string of the molecule is CCNC(=O)c1ccc(N)c(NCc2cccc(F)c2)c1. The van der Waals surface area contributed by atoms with E-state index in [2.05, 4.69) is 10.6 Å². The molecule has 2 rings (SSSR count). The van der Waals surface area contributed by atoms with Crippen LogP contribution in [0.3, 0.4) is 0 Å². The van der Waals surface area contributed by atoms with Gasteiger partial charge in [-0.05, 0) is 42.8 Å². The number of halogens is 1. The summed E-state index contributed by atoms with van der Waals surface area (Å²) >= 11 is 0. The zero-order chi connectivity index (χ0) is 15.2. The Morgan fingerprint density at radius 3 is 2.76 bits per heavy atom. The van der Waals surface area contributed by atoms with Crippen LogP contribution in [0.4, 0.5) is 15.8 Å². The quantitative estimate of drug-likeness (QED) is 0.741. The molecule has 0 spiro atoms. The van der Waals surface area contributed by atoms with Crippen LogP contribution in [-0.2, 0) is 6.54 Å². The molecule has 0 atom stereocenters. The molecule has 0 saturated heterocycles. The standard InChI is InChI=1S/C16H18FN3O/c1-2-19-16(21)12-6-7-14(18)15(9-12)20-10-11-4-3-5-13(17)8-11/h3-9,20H,2,10,18H2,1H3,(H,19,21). The highest BCUT2D eigenvalue weighted by molar-refractivity contribution is 5.96. The molecule has 110 valence electrons. The maximum atomic E-state index is 13.1. The number of nitrogen functional groups attached to an aromatic ring is 1. The molecule has 0 unspecified atom stereocenters. The second kappa shape index (κ2) is 6.74. The lowest BCUT2D eigenvalue weighted by Crippen LogP contribution is -2.22. The van der Waals surface area contributed by atoms with Crippen molar-refractivity contribution < 1.29 is 9.18 Å². The van der Waals surface area contributed by atoms with Gasteiger partial charge in [-0.1, -0.05) is 12.1 Å². The van der Waals surface area contributed by atoms with Crippen LogP contribution in [0.2, 0.25) is 0 Å². The predicted octanol–water partition coefficient (Wildman–Crippen LogP) is 2.77. The van der Waals surface area contributed by atoms with Crippen molar-refractivity contribution in [2.45, 2.75) is 13.5 Å². The van der Waals surface area contributed by atoms with E-state index in [-0.39, 0.29) is 11.7 Å². The molecule has 0 saturated carbocycles. The first-order valence-electron chi connectivity index (χ1n) is 6.76. The fourth-order valence-corrected chi connectivity index (χ4v) is 1.96. The lowest BCUT2D eigenvalue weighted by Gasteiger charge is -2.11. The number of amides is 1. The second-order valence-electron chi connectivity index (χ2n) is 4.64. The van der Waals surface area contributed by atoms with Gasteiger partial charge in [-0.25, -0.2) is 4.39 Å². The van der Waals surface area contributed by atoms with Crippen molar-refractivity contribution in [3.8, 4) is 0 Å². The van der Waals surface area contributed by atoms with Gasteiger partial charge in [-0.2, -0.15) is 0 Å². The fourth-order valence-electron chi connectivity index (χ4n) is 1.96. The summed E-state index contributed by atoms with van der Waals surface area (Å²) in [7, 11) is 0. The van der Waals surface area contributed by atoms with Crippen LogP contribution in [0.1, 0.15) is 22.8 Å². The third-order valence-corrected chi connectivity index (χ3v) is 3.02. The summed E-state index contributed by atoms with van der Waals surface area (Å²) in [5.41, 5.74) is 8.42. The number of carbonyl (C=O) groups excluding carboxylic acids is 1. The van der Waals surface area contributed by atoms with Crippen molar-refractivity contribution >= 4 is 17.3 Å². The first-order chi connectivity index (χ1) is 10.1. The van der Waals surface area contributed by atoms with Gasteiger partial charge in [-0.3, -0.25) is 4.79 Å². The largest absolute Gasteiger partial charge is 0.397 e. The van der Waals surface area contributed by atoms with Gasteiger partial charge >= 0.3 is 0 Å². The highest BCUT2D eigenvalue weighted by atomic mass is 19.1. The molecule has 4 nitrogen and oxygen atoms in total. The molecule has 2 aromatic rings. The molecule has 1 amide bonds. The van der Waals surface area contributed by atoms with E-state index in [9.17, 15) is 9.18 Å². The first kappa shape index (κ1) is 14.8. The topological polar surface area (TPSA) is 67.2 Å². The highest BCUT2D eigenvalue weighted by Crippen LogP contribution is 2.21. The van der Waals surface area contributed by atoms with E-state index in [1.54, 1.807) is 24.3 Å². The summed E-state index contributed by atoms with van der Waals surface area (Å²) in [6, 6.07) is 11.4. The molecule has 0 radical (unpaired) electrons. The Morgan fingerprint density at radius 1 is 1.24 bits per heavy atom. The fraction of sp³-hybridized carbons (Fsp3) is 0.188. The van der Waals surface area contributed by atoms with Crippen LogP contribution in [-0.4, -0.2) is 12.5 Å². The molecule has 0 aliphatic heterocycles. The van der Waals surface area contributed by atoms with Crippen LogP contribution < -0.4 is 16.4 Å². The molecule has 5 heteroatoms. The number of rotatable bonds is 5. The van der Waals surface area contributed by atoms with Gasteiger partial charge in [-0.15, -0.1) is 0 Å². The van der Waals surface area contributed by atoms with E-state index in [4.69, 9.17) is 5.73 Å². The van der Waals surface area contributed by atoms with Gasteiger partial charge in [0.05, 0.1) is 11.4 Å². The molecular formula is C16H18FN3O.